The lowest BCUT2D eigenvalue weighted by atomic mass is 9.81. The van der Waals surface area contributed by atoms with Gasteiger partial charge in [0, 0.05) is 25.0 Å². The minimum atomic E-state index is 0.219. The van der Waals surface area contributed by atoms with Crippen molar-refractivity contribution >= 4 is 5.91 Å². The number of nitrogens with one attached hydrogen (secondary N) is 1. The third-order valence-electron chi connectivity index (χ3n) is 4.66. The fourth-order valence-corrected chi connectivity index (χ4v) is 2.69. The van der Waals surface area contributed by atoms with Crippen molar-refractivity contribution in [1.29, 1.82) is 0 Å². The normalized spacial score (nSPS) is 25.3. The number of rotatable bonds is 7. The first-order chi connectivity index (χ1) is 9.08. The van der Waals surface area contributed by atoms with Gasteiger partial charge < -0.3 is 16.0 Å². The molecular weight excluding hydrogens is 238 g/mol. The largest absolute Gasteiger partial charge is 0.355 e. The van der Waals surface area contributed by atoms with E-state index in [9.17, 15) is 4.79 Å². The first kappa shape index (κ1) is 16.4. The minimum Gasteiger partial charge on any atom is -0.355 e. The van der Waals surface area contributed by atoms with Crippen LogP contribution in [0, 0.1) is 11.8 Å². The SMILES string of the molecule is CCC(C)N(C)CCNC(=O)C1CCC(CN)CC1. The fraction of sp³-hybridized carbons (Fsp3) is 0.933. The number of carbonyl (C=O) groups is 1. The van der Waals surface area contributed by atoms with E-state index in [0.29, 0.717) is 12.0 Å². The van der Waals surface area contributed by atoms with Crippen molar-refractivity contribution in [3.8, 4) is 0 Å². The Bertz CT molecular complexity index is 262. The summed E-state index contributed by atoms with van der Waals surface area (Å²) < 4.78 is 0. The molecule has 0 spiro atoms. The molecule has 1 unspecified atom stereocenters. The highest BCUT2D eigenvalue weighted by molar-refractivity contribution is 5.78. The predicted molar refractivity (Wildman–Crippen MR) is 79.9 cm³/mol. The zero-order valence-corrected chi connectivity index (χ0v) is 12.8. The molecule has 0 aromatic carbocycles. The van der Waals surface area contributed by atoms with Crippen LogP contribution in [-0.2, 0) is 4.79 Å². The molecule has 1 rings (SSSR count). The van der Waals surface area contributed by atoms with Crippen molar-refractivity contribution in [2.75, 3.05) is 26.7 Å². The zero-order valence-electron chi connectivity index (χ0n) is 12.8. The number of amides is 1. The van der Waals surface area contributed by atoms with Crippen molar-refractivity contribution in [3.63, 3.8) is 0 Å². The van der Waals surface area contributed by atoms with E-state index in [2.05, 4.69) is 31.1 Å². The highest BCUT2D eigenvalue weighted by atomic mass is 16.1. The maximum Gasteiger partial charge on any atom is 0.223 e. The molecule has 4 nitrogen and oxygen atoms in total. The molecule has 112 valence electrons. The van der Waals surface area contributed by atoms with Gasteiger partial charge in [0.2, 0.25) is 5.91 Å². The maximum absolute atomic E-state index is 12.1. The molecule has 0 radical (unpaired) electrons. The summed E-state index contributed by atoms with van der Waals surface area (Å²) in [7, 11) is 2.12. The van der Waals surface area contributed by atoms with Crippen LogP contribution in [-0.4, -0.2) is 43.5 Å². The van der Waals surface area contributed by atoms with Crippen LogP contribution in [0.25, 0.3) is 0 Å². The van der Waals surface area contributed by atoms with Gasteiger partial charge in [-0.3, -0.25) is 4.79 Å². The molecule has 0 aliphatic heterocycles. The molecule has 1 saturated carbocycles. The quantitative estimate of drug-likeness (QED) is 0.738. The number of carbonyl (C=O) groups excluding carboxylic acids is 1. The molecule has 0 aromatic heterocycles. The Balaban J connectivity index is 2.18. The molecule has 1 amide bonds. The van der Waals surface area contributed by atoms with Gasteiger partial charge in [0.15, 0.2) is 0 Å². The van der Waals surface area contributed by atoms with Crippen LogP contribution in [0.5, 0.6) is 0 Å². The predicted octanol–water partition coefficient (Wildman–Crippen LogP) is 1.60. The van der Waals surface area contributed by atoms with Crippen LogP contribution in [0.1, 0.15) is 46.0 Å². The van der Waals surface area contributed by atoms with Crippen molar-refractivity contribution in [3.05, 3.63) is 0 Å². The lowest BCUT2D eigenvalue weighted by Gasteiger charge is -2.27. The second-order valence-electron chi connectivity index (χ2n) is 5.98. The lowest BCUT2D eigenvalue weighted by molar-refractivity contribution is -0.126. The van der Waals surface area contributed by atoms with E-state index in [1.165, 1.54) is 0 Å². The third kappa shape index (κ3) is 5.49. The summed E-state index contributed by atoms with van der Waals surface area (Å²) >= 11 is 0. The maximum atomic E-state index is 12.1. The molecule has 0 saturated heterocycles. The van der Waals surface area contributed by atoms with Crippen molar-refractivity contribution in [1.82, 2.24) is 10.2 Å². The van der Waals surface area contributed by atoms with E-state index in [1.54, 1.807) is 0 Å². The molecule has 1 fully saturated rings. The lowest BCUT2D eigenvalue weighted by Crippen LogP contribution is -2.40. The highest BCUT2D eigenvalue weighted by Crippen LogP contribution is 2.27. The molecule has 4 heteroatoms. The van der Waals surface area contributed by atoms with Gasteiger partial charge in [0.1, 0.15) is 0 Å². The first-order valence-corrected chi connectivity index (χ1v) is 7.76. The molecule has 0 heterocycles. The third-order valence-corrected chi connectivity index (χ3v) is 4.66. The van der Waals surface area contributed by atoms with E-state index < -0.39 is 0 Å². The van der Waals surface area contributed by atoms with Gasteiger partial charge in [-0.05, 0) is 58.5 Å². The van der Waals surface area contributed by atoms with Gasteiger partial charge in [-0.1, -0.05) is 6.92 Å². The highest BCUT2D eigenvalue weighted by Gasteiger charge is 2.25. The molecule has 3 N–H and O–H groups in total. The average Bonchev–Trinajstić information content (AvgIpc) is 2.46. The first-order valence-electron chi connectivity index (χ1n) is 7.76. The summed E-state index contributed by atoms with van der Waals surface area (Å²) in [5.74, 6) is 1.10. The number of nitrogens with zero attached hydrogens (tertiary/aromatic N) is 1. The van der Waals surface area contributed by atoms with Crippen LogP contribution >= 0.6 is 0 Å². The molecule has 1 atom stereocenters. The second-order valence-corrected chi connectivity index (χ2v) is 5.98. The van der Waals surface area contributed by atoms with Crippen molar-refractivity contribution < 1.29 is 4.79 Å². The van der Waals surface area contributed by atoms with E-state index in [0.717, 1.165) is 51.7 Å². The Morgan fingerprint density at radius 2 is 2.00 bits per heavy atom. The molecule has 0 aromatic rings. The van der Waals surface area contributed by atoms with E-state index >= 15 is 0 Å². The molecule has 1 aliphatic carbocycles. The summed E-state index contributed by atoms with van der Waals surface area (Å²) in [6.07, 6.45) is 5.39. The summed E-state index contributed by atoms with van der Waals surface area (Å²) in [6, 6.07) is 0.580. The van der Waals surface area contributed by atoms with E-state index in [4.69, 9.17) is 5.73 Å². The Morgan fingerprint density at radius 3 is 2.53 bits per heavy atom. The topological polar surface area (TPSA) is 58.4 Å². The van der Waals surface area contributed by atoms with Crippen molar-refractivity contribution in [2.24, 2.45) is 17.6 Å². The average molecular weight is 269 g/mol. The van der Waals surface area contributed by atoms with E-state index in [-0.39, 0.29) is 11.8 Å². The van der Waals surface area contributed by atoms with Crippen LogP contribution in [0.4, 0.5) is 0 Å². The summed E-state index contributed by atoms with van der Waals surface area (Å²) in [4.78, 5) is 14.4. The smallest absolute Gasteiger partial charge is 0.223 e. The van der Waals surface area contributed by atoms with Crippen LogP contribution in [0.15, 0.2) is 0 Å². The summed E-state index contributed by atoms with van der Waals surface area (Å²) in [5.41, 5.74) is 5.67. The molecule has 0 bridgehead atoms. The van der Waals surface area contributed by atoms with Crippen LogP contribution in [0.2, 0.25) is 0 Å². The van der Waals surface area contributed by atoms with Gasteiger partial charge >= 0.3 is 0 Å². The Kier molecular flexibility index (Phi) is 7.39. The number of hydrogen-bond donors (Lipinski definition) is 2. The molecule has 19 heavy (non-hydrogen) atoms. The molecular formula is C15H31N3O. The molecule has 1 aliphatic rings. The summed E-state index contributed by atoms with van der Waals surface area (Å²) in [6.45, 7) is 6.87. The Morgan fingerprint density at radius 1 is 1.37 bits per heavy atom. The fourth-order valence-electron chi connectivity index (χ4n) is 2.69. The number of hydrogen-bond acceptors (Lipinski definition) is 3. The standard InChI is InChI=1S/C15H31N3O/c1-4-12(2)18(3)10-9-17-15(19)14-7-5-13(11-16)6-8-14/h12-14H,4-11,16H2,1-3H3,(H,17,19). The van der Waals surface area contributed by atoms with Crippen LogP contribution < -0.4 is 11.1 Å². The zero-order chi connectivity index (χ0) is 14.3. The van der Waals surface area contributed by atoms with Crippen LogP contribution in [0.3, 0.4) is 0 Å². The monoisotopic (exact) mass is 269 g/mol. The number of likely N-dealkylation sites (N-methyl/N-ethyl adjacent to an activating group) is 1. The number of nitrogens with two attached hydrogens (primary N) is 1. The Hall–Kier alpha value is -0.610. The Labute approximate surface area is 118 Å². The van der Waals surface area contributed by atoms with Gasteiger partial charge in [0.25, 0.3) is 0 Å². The van der Waals surface area contributed by atoms with Gasteiger partial charge in [-0.15, -0.1) is 0 Å². The minimum absolute atomic E-state index is 0.219. The van der Waals surface area contributed by atoms with E-state index in [1.807, 2.05) is 0 Å². The summed E-state index contributed by atoms with van der Waals surface area (Å²) in [5, 5.41) is 3.08. The van der Waals surface area contributed by atoms with Gasteiger partial charge in [-0.25, -0.2) is 0 Å². The van der Waals surface area contributed by atoms with Gasteiger partial charge in [0.05, 0.1) is 0 Å². The van der Waals surface area contributed by atoms with Gasteiger partial charge in [-0.2, -0.15) is 0 Å². The van der Waals surface area contributed by atoms with Crippen molar-refractivity contribution in [2.45, 2.75) is 52.0 Å². The second kappa shape index (κ2) is 8.54.